The van der Waals surface area contributed by atoms with Crippen LogP contribution in [0, 0.1) is 5.82 Å². The number of rotatable bonds is 7. The lowest BCUT2D eigenvalue weighted by Crippen LogP contribution is -2.31. The summed E-state index contributed by atoms with van der Waals surface area (Å²) in [5, 5.41) is 11.4. The van der Waals surface area contributed by atoms with Crippen molar-refractivity contribution in [3.8, 4) is 0 Å². The van der Waals surface area contributed by atoms with E-state index in [0.29, 0.717) is 34.0 Å². The predicted octanol–water partition coefficient (Wildman–Crippen LogP) is 3.38. The van der Waals surface area contributed by atoms with Gasteiger partial charge in [-0.3, -0.25) is 4.79 Å². The molecule has 118 valence electrons. The number of amides is 1. The van der Waals surface area contributed by atoms with Crippen LogP contribution in [0.4, 0.5) is 15.2 Å². The van der Waals surface area contributed by atoms with Gasteiger partial charge in [-0.2, -0.15) is 0 Å². The Morgan fingerprint density at radius 3 is 2.73 bits per heavy atom. The second-order valence-corrected chi connectivity index (χ2v) is 6.53. The quantitative estimate of drug-likeness (QED) is 0.783. The van der Waals surface area contributed by atoms with Crippen LogP contribution in [-0.4, -0.2) is 39.8 Å². The first-order valence-electron chi connectivity index (χ1n) is 6.89. The molecule has 22 heavy (non-hydrogen) atoms. The van der Waals surface area contributed by atoms with Gasteiger partial charge >= 0.3 is 0 Å². The fourth-order valence-corrected chi connectivity index (χ4v) is 3.45. The molecule has 1 aromatic heterocycles. The maximum atomic E-state index is 13.5. The fraction of sp³-hybridized carbons (Fsp3) is 0.357. The monoisotopic (exact) mass is 340 g/mol. The number of anilines is 2. The first kappa shape index (κ1) is 16.7. The first-order chi connectivity index (χ1) is 10.6. The molecule has 0 radical (unpaired) electrons. The highest BCUT2D eigenvalue weighted by Crippen LogP contribution is 2.28. The number of hydrogen-bond acceptors (Lipinski definition) is 6. The largest absolute Gasteiger partial charge is 0.343 e. The van der Waals surface area contributed by atoms with Gasteiger partial charge in [-0.15, -0.1) is 10.2 Å². The average molecular weight is 340 g/mol. The average Bonchev–Trinajstić information content (AvgIpc) is 2.96. The van der Waals surface area contributed by atoms with Gasteiger partial charge in [-0.25, -0.2) is 4.39 Å². The van der Waals surface area contributed by atoms with Crippen molar-refractivity contribution in [2.24, 2.45) is 0 Å². The SMILES string of the molecule is CCN(CC)C(=O)CSc1nnc(Nc2ccccc2F)s1. The molecule has 0 fully saturated rings. The molecule has 0 aliphatic rings. The summed E-state index contributed by atoms with van der Waals surface area (Å²) in [6, 6.07) is 6.38. The van der Waals surface area contributed by atoms with Crippen molar-refractivity contribution in [2.75, 3.05) is 24.2 Å². The van der Waals surface area contributed by atoms with Gasteiger partial charge in [-0.1, -0.05) is 35.2 Å². The molecule has 1 amide bonds. The van der Waals surface area contributed by atoms with E-state index < -0.39 is 0 Å². The van der Waals surface area contributed by atoms with E-state index in [9.17, 15) is 9.18 Å². The van der Waals surface area contributed by atoms with Crippen molar-refractivity contribution in [2.45, 2.75) is 18.2 Å². The first-order valence-corrected chi connectivity index (χ1v) is 8.69. The van der Waals surface area contributed by atoms with Gasteiger partial charge in [0, 0.05) is 13.1 Å². The van der Waals surface area contributed by atoms with Gasteiger partial charge in [-0.05, 0) is 26.0 Å². The number of benzene rings is 1. The Kier molecular flexibility index (Phi) is 6.14. The fourth-order valence-electron chi connectivity index (χ4n) is 1.79. The van der Waals surface area contributed by atoms with E-state index in [4.69, 9.17) is 0 Å². The summed E-state index contributed by atoms with van der Waals surface area (Å²) in [5.74, 6) is 0.0631. The number of hydrogen-bond donors (Lipinski definition) is 1. The minimum Gasteiger partial charge on any atom is -0.343 e. The van der Waals surface area contributed by atoms with Crippen LogP contribution in [-0.2, 0) is 4.79 Å². The lowest BCUT2D eigenvalue weighted by atomic mass is 10.3. The smallest absolute Gasteiger partial charge is 0.233 e. The highest BCUT2D eigenvalue weighted by atomic mass is 32.2. The van der Waals surface area contributed by atoms with Gasteiger partial charge in [0.15, 0.2) is 4.34 Å². The third-order valence-electron chi connectivity index (χ3n) is 2.96. The molecule has 0 aliphatic heterocycles. The highest BCUT2D eigenvalue weighted by molar-refractivity contribution is 8.01. The van der Waals surface area contributed by atoms with Crippen LogP contribution in [0.3, 0.4) is 0 Å². The highest BCUT2D eigenvalue weighted by Gasteiger charge is 2.13. The second kappa shape index (κ2) is 8.09. The number of para-hydroxylation sites is 1. The molecular weight excluding hydrogens is 323 g/mol. The molecule has 0 saturated heterocycles. The van der Waals surface area contributed by atoms with E-state index in [0.717, 1.165) is 0 Å². The molecule has 1 N–H and O–H groups in total. The third-order valence-corrected chi connectivity index (χ3v) is 4.91. The lowest BCUT2D eigenvalue weighted by Gasteiger charge is -2.17. The number of carbonyl (C=O) groups excluding carboxylic acids is 1. The van der Waals surface area contributed by atoms with Crippen LogP contribution in [0.1, 0.15) is 13.8 Å². The number of nitrogens with zero attached hydrogens (tertiary/aromatic N) is 3. The molecule has 2 aromatic rings. The minimum atomic E-state index is -0.344. The summed E-state index contributed by atoms with van der Waals surface area (Å²) in [7, 11) is 0. The Hall–Kier alpha value is -1.67. The minimum absolute atomic E-state index is 0.0776. The van der Waals surface area contributed by atoms with Crippen molar-refractivity contribution < 1.29 is 9.18 Å². The molecule has 0 unspecified atom stereocenters. The molecule has 5 nitrogen and oxygen atoms in total. The van der Waals surface area contributed by atoms with Crippen molar-refractivity contribution in [1.29, 1.82) is 0 Å². The molecule has 2 rings (SSSR count). The van der Waals surface area contributed by atoms with Crippen molar-refractivity contribution in [3.05, 3.63) is 30.1 Å². The summed E-state index contributed by atoms with van der Waals surface area (Å²) in [6.45, 7) is 5.30. The zero-order valence-corrected chi connectivity index (χ0v) is 14.0. The zero-order chi connectivity index (χ0) is 15.9. The van der Waals surface area contributed by atoms with E-state index in [1.54, 1.807) is 23.1 Å². The van der Waals surface area contributed by atoms with Crippen LogP contribution in [0.2, 0.25) is 0 Å². The van der Waals surface area contributed by atoms with E-state index in [1.165, 1.54) is 29.2 Å². The summed E-state index contributed by atoms with van der Waals surface area (Å²) in [4.78, 5) is 13.7. The maximum Gasteiger partial charge on any atom is 0.233 e. The summed E-state index contributed by atoms with van der Waals surface area (Å²) >= 11 is 2.64. The second-order valence-electron chi connectivity index (χ2n) is 4.33. The van der Waals surface area contributed by atoms with Crippen LogP contribution < -0.4 is 5.32 Å². The molecule has 0 saturated carbocycles. The summed E-state index contributed by atoms with van der Waals surface area (Å²) in [5.41, 5.74) is 0.356. The number of aromatic nitrogens is 2. The van der Waals surface area contributed by atoms with Crippen LogP contribution in [0.25, 0.3) is 0 Å². The Balaban J connectivity index is 1.92. The van der Waals surface area contributed by atoms with Crippen LogP contribution in [0.15, 0.2) is 28.6 Å². The summed E-state index contributed by atoms with van der Waals surface area (Å²) in [6.07, 6.45) is 0. The number of carbonyl (C=O) groups is 1. The Morgan fingerprint density at radius 2 is 2.05 bits per heavy atom. The molecule has 1 heterocycles. The predicted molar refractivity (Wildman–Crippen MR) is 88.2 cm³/mol. The molecule has 8 heteroatoms. The van der Waals surface area contributed by atoms with Crippen LogP contribution in [0.5, 0.6) is 0 Å². The standard InChI is InChI=1S/C14H17FN4OS2/c1-3-19(4-2)12(20)9-21-14-18-17-13(22-14)16-11-8-6-5-7-10(11)15/h5-8H,3-4,9H2,1-2H3,(H,16,17). The van der Waals surface area contributed by atoms with Crippen molar-refractivity contribution in [1.82, 2.24) is 15.1 Å². The Labute approximate surface area is 136 Å². The molecule has 0 atom stereocenters. The van der Waals surface area contributed by atoms with Gasteiger partial charge in [0.25, 0.3) is 0 Å². The van der Waals surface area contributed by atoms with Gasteiger partial charge in [0.05, 0.1) is 11.4 Å². The maximum absolute atomic E-state index is 13.5. The Morgan fingerprint density at radius 1 is 1.32 bits per heavy atom. The van der Waals surface area contributed by atoms with Gasteiger partial charge < -0.3 is 10.2 Å². The number of halogens is 1. The number of thioether (sulfide) groups is 1. The van der Waals surface area contributed by atoms with E-state index in [1.807, 2.05) is 13.8 Å². The van der Waals surface area contributed by atoms with E-state index in [2.05, 4.69) is 15.5 Å². The number of nitrogens with one attached hydrogen (secondary N) is 1. The zero-order valence-electron chi connectivity index (χ0n) is 12.4. The molecular formula is C14H17FN4OS2. The molecule has 0 spiro atoms. The topological polar surface area (TPSA) is 58.1 Å². The van der Waals surface area contributed by atoms with Gasteiger partial charge in [0.1, 0.15) is 5.82 Å². The molecule has 0 aliphatic carbocycles. The van der Waals surface area contributed by atoms with E-state index >= 15 is 0 Å². The summed E-state index contributed by atoms with van der Waals surface area (Å²) < 4.78 is 14.2. The van der Waals surface area contributed by atoms with Crippen LogP contribution >= 0.6 is 23.1 Å². The normalized spacial score (nSPS) is 10.5. The lowest BCUT2D eigenvalue weighted by molar-refractivity contribution is -0.127. The Bertz CT molecular complexity index is 631. The third kappa shape index (κ3) is 4.41. The van der Waals surface area contributed by atoms with E-state index in [-0.39, 0.29) is 11.7 Å². The molecule has 0 bridgehead atoms. The van der Waals surface area contributed by atoms with Crippen molar-refractivity contribution >= 4 is 39.8 Å². The molecule has 1 aromatic carbocycles. The van der Waals surface area contributed by atoms with Crippen molar-refractivity contribution in [3.63, 3.8) is 0 Å². The van der Waals surface area contributed by atoms with Gasteiger partial charge in [0.2, 0.25) is 11.0 Å².